The molecule has 24 heavy (non-hydrogen) atoms. The van der Waals surface area contributed by atoms with Crippen LogP contribution in [0.4, 0.5) is 5.69 Å². The van der Waals surface area contributed by atoms with Crippen LogP contribution < -0.4 is 4.90 Å². The summed E-state index contributed by atoms with van der Waals surface area (Å²) < 4.78 is 2.44. The minimum Gasteiger partial charge on any atom is -0.368 e. The molecule has 0 atom stereocenters. The molecule has 0 saturated carbocycles. The van der Waals surface area contributed by atoms with E-state index in [0.717, 1.165) is 45.8 Å². The Morgan fingerprint density at radius 1 is 1.04 bits per heavy atom. The molecule has 2 aromatic rings. The highest BCUT2D eigenvalue weighted by Gasteiger charge is 2.24. The van der Waals surface area contributed by atoms with Crippen molar-refractivity contribution in [3.05, 3.63) is 23.5 Å². The molecule has 0 spiro atoms. The fourth-order valence-electron chi connectivity index (χ4n) is 4.05. The number of anilines is 1. The molecule has 5 heteroatoms. The van der Waals surface area contributed by atoms with Gasteiger partial charge < -0.3 is 14.4 Å². The van der Waals surface area contributed by atoms with Crippen LogP contribution in [0.2, 0.25) is 0 Å². The quantitative estimate of drug-likeness (QED) is 0.846. The van der Waals surface area contributed by atoms with E-state index in [9.17, 15) is 0 Å². The van der Waals surface area contributed by atoms with E-state index in [-0.39, 0.29) is 0 Å². The Hall–Kier alpha value is -1.59. The van der Waals surface area contributed by atoms with Gasteiger partial charge in [0.25, 0.3) is 0 Å². The van der Waals surface area contributed by atoms with Crippen molar-refractivity contribution in [3.63, 3.8) is 0 Å². The Labute approximate surface area is 144 Å². The lowest BCUT2D eigenvalue weighted by atomic mass is 10.1. The van der Waals surface area contributed by atoms with Crippen molar-refractivity contribution in [1.29, 1.82) is 0 Å². The van der Waals surface area contributed by atoms with Crippen LogP contribution in [0, 0.1) is 6.92 Å². The smallest absolute Gasteiger partial charge is 0.140 e. The Bertz CT molecular complexity index is 740. The number of rotatable bonds is 2. The molecule has 1 fully saturated rings. The second-order valence-corrected chi connectivity index (χ2v) is 7.64. The molecule has 0 unspecified atom stereocenters. The summed E-state index contributed by atoms with van der Waals surface area (Å²) in [5.41, 5.74) is 5.32. The van der Waals surface area contributed by atoms with Crippen molar-refractivity contribution < 1.29 is 0 Å². The summed E-state index contributed by atoms with van der Waals surface area (Å²) in [7, 11) is 2.20. The first kappa shape index (κ1) is 15.9. The second kappa shape index (κ2) is 6.05. The fraction of sp³-hybridized carbons (Fsp3) is 0.632. The van der Waals surface area contributed by atoms with Gasteiger partial charge in [0, 0.05) is 62.9 Å². The van der Waals surface area contributed by atoms with Crippen molar-refractivity contribution in [3.8, 4) is 0 Å². The monoisotopic (exact) mass is 327 g/mol. The van der Waals surface area contributed by atoms with Gasteiger partial charge in [0.05, 0.1) is 11.9 Å². The highest BCUT2D eigenvalue weighted by atomic mass is 15.3. The maximum absolute atomic E-state index is 4.87. The molecule has 1 saturated heterocycles. The number of likely N-dealkylation sites (N-methyl/N-ethyl adjacent to an activating group) is 1. The number of piperazine rings is 1. The van der Waals surface area contributed by atoms with Crippen molar-refractivity contribution in [2.45, 2.75) is 39.9 Å². The van der Waals surface area contributed by atoms with Crippen LogP contribution in [-0.4, -0.2) is 65.2 Å². The largest absolute Gasteiger partial charge is 0.368 e. The van der Waals surface area contributed by atoms with Gasteiger partial charge in [-0.25, -0.2) is 4.98 Å². The molecule has 130 valence electrons. The third-order valence-corrected chi connectivity index (χ3v) is 5.83. The lowest BCUT2D eigenvalue weighted by Gasteiger charge is -2.33. The van der Waals surface area contributed by atoms with Crippen LogP contribution in [0.25, 0.3) is 11.0 Å². The Balaban J connectivity index is 1.69. The molecule has 0 radical (unpaired) electrons. The molecule has 0 amide bonds. The summed E-state index contributed by atoms with van der Waals surface area (Å²) in [6.45, 7) is 14.5. The van der Waals surface area contributed by atoms with E-state index in [1.54, 1.807) is 0 Å². The first-order chi connectivity index (χ1) is 11.5. The van der Waals surface area contributed by atoms with E-state index in [1.807, 2.05) is 0 Å². The van der Waals surface area contributed by atoms with E-state index in [4.69, 9.17) is 4.98 Å². The van der Waals surface area contributed by atoms with E-state index in [1.165, 1.54) is 28.0 Å². The Kier molecular flexibility index (Phi) is 4.01. The maximum atomic E-state index is 4.87. The first-order valence-corrected chi connectivity index (χ1v) is 9.20. The number of fused-ring (bicyclic) bond motifs is 3. The molecular weight excluding hydrogens is 298 g/mol. The van der Waals surface area contributed by atoms with E-state index < -0.39 is 0 Å². The summed E-state index contributed by atoms with van der Waals surface area (Å²) in [5.74, 6) is 0. The van der Waals surface area contributed by atoms with Gasteiger partial charge in [-0.2, -0.15) is 0 Å². The maximum Gasteiger partial charge on any atom is 0.140 e. The topological polar surface area (TPSA) is 27.5 Å². The molecule has 0 aromatic carbocycles. The number of aromatic nitrogens is 2. The molecule has 4 heterocycles. The fourth-order valence-corrected chi connectivity index (χ4v) is 4.05. The van der Waals surface area contributed by atoms with Crippen LogP contribution in [0.15, 0.2) is 12.3 Å². The molecule has 2 aliphatic heterocycles. The summed E-state index contributed by atoms with van der Waals surface area (Å²) in [4.78, 5) is 12.3. The summed E-state index contributed by atoms with van der Waals surface area (Å²) >= 11 is 0. The van der Waals surface area contributed by atoms with Crippen LogP contribution in [0.5, 0.6) is 0 Å². The van der Waals surface area contributed by atoms with Gasteiger partial charge in [-0.05, 0) is 39.4 Å². The SMILES string of the molecule is Cc1c2n(c3ncc(N4CCN(C)CC4)cc13)CCN(C(C)C)C2. The standard InChI is InChI=1S/C19H29N5/c1-14(2)23-9-10-24-18(13-23)15(3)17-11-16(12-20-19(17)24)22-7-5-21(4)6-8-22/h11-12,14H,5-10,13H2,1-4H3. The van der Waals surface area contributed by atoms with Gasteiger partial charge in [0.1, 0.15) is 5.65 Å². The third-order valence-electron chi connectivity index (χ3n) is 5.83. The lowest BCUT2D eigenvalue weighted by molar-refractivity contribution is 0.178. The van der Waals surface area contributed by atoms with Gasteiger partial charge in [0.2, 0.25) is 0 Å². The average Bonchev–Trinajstić information content (AvgIpc) is 2.87. The Morgan fingerprint density at radius 3 is 2.50 bits per heavy atom. The Morgan fingerprint density at radius 2 is 1.79 bits per heavy atom. The predicted octanol–water partition coefficient (Wildman–Crippen LogP) is 2.32. The van der Waals surface area contributed by atoms with E-state index >= 15 is 0 Å². The zero-order chi connectivity index (χ0) is 16.8. The third kappa shape index (κ3) is 2.60. The number of hydrogen-bond acceptors (Lipinski definition) is 4. The molecule has 0 N–H and O–H groups in total. The van der Waals surface area contributed by atoms with Crippen LogP contribution >= 0.6 is 0 Å². The minimum atomic E-state index is 0.602. The molecule has 0 bridgehead atoms. The number of pyridine rings is 1. The van der Waals surface area contributed by atoms with E-state index in [0.29, 0.717) is 6.04 Å². The average molecular weight is 327 g/mol. The zero-order valence-corrected chi connectivity index (χ0v) is 15.4. The van der Waals surface area contributed by atoms with Crippen LogP contribution in [0.1, 0.15) is 25.1 Å². The number of hydrogen-bond donors (Lipinski definition) is 0. The van der Waals surface area contributed by atoms with Crippen LogP contribution in [0.3, 0.4) is 0 Å². The highest BCUT2D eigenvalue weighted by Crippen LogP contribution is 2.31. The molecule has 5 nitrogen and oxygen atoms in total. The van der Waals surface area contributed by atoms with Gasteiger partial charge in [0.15, 0.2) is 0 Å². The molecule has 2 aliphatic rings. The molecular formula is C19H29N5. The van der Waals surface area contributed by atoms with Crippen molar-refractivity contribution in [1.82, 2.24) is 19.4 Å². The number of nitrogens with zero attached hydrogens (tertiary/aromatic N) is 5. The van der Waals surface area contributed by atoms with Gasteiger partial charge in [-0.1, -0.05) is 0 Å². The van der Waals surface area contributed by atoms with Crippen molar-refractivity contribution in [2.24, 2.45) is 0 Å². The second-order valence-electron chi connectivity index (χ2n) is 7.64. The number of aryl methyl sites for hydroxylation is 1. The molecule has 0 aliphatic carbocycles. The molecule has 2 aromatic heterocycles. The lowest BCUT2D eigenvalue weighted by Crippen LogP contribution is -2.44. The normalized spacial score (nSPS) is 20.1. The van der Waals surface area contributed by atoms with E-state index in [2.05, 4.69) is 59.3 Å². The summed E-state index contributed by atoms with van der Waals surface area (Å²) in [5, 5.41) is 1.34. The predicted molar refractivity (Wildman–Crippen MR) is 99.7 cm³/mol. The van der Waals surface area contributed by atoms with Crippen molar-refractivity contribution in [2.75, 3.05) is 44.7 Å². The van der Waals surface area contributed by atoms with Crippen molar-refractivity contribution >= 4 is 16.7 Å². The first-order valence-electron chi connectivity index (χ1n) is 9.20. The van der Waals surface area contributed by atoms with Crippen LogP contribution in [-0.2, 0) is 13.1 Å². The zero-order valence-electron chi connectivity index (χ0n) is 15.4. The van der Waals surface area contributed by atoms with Gasteiger partial charge >= 0.3 is 0 Å². The van der Waals surface area contributed by atoms with Gasteiger partial charge in [-0.15, -0.1) is 0 Å². The van der Waals surface area contributed by atoms with Gasteiger partial charge in [-0.3, -0.25) is 4.90 Å². The molecule has 4 rings (SSSR count). The highest BCUT2D eigenvalue weighted by molar-refractivity contribution is 5.85. The minimum absolute atomic E-state index is 0.602. The summed E-state index contributed by atoms with van der Waals surface area (Å²) in [6.07, 6.45) is 2.08. The summed E-state index contributed by atoms with van der Waals surface area (Å²) in [6, 6.07) is 2.97.